The van der Waals surface area contributed by atoms with E-state index in [1.54, 1.807) is 0 Å². The highest BCUT2D eigenvalue weighted by atomic mass is 32.1. The van der Waals surface area contributed by atoms with Gasteiger partial charge in [0.2, 0.25) is 0 Å². The summed E-state index contributed by atoms with van der Waals surface area (Å²) in [7, 11) is -0.122. The molecule has 0 atom stereocenters. The molecular formula is C6H13SSi. The normalized spacial score (nSPS) is 11.5. The summed E-state index contributed by atoms with van der Waals surface area (Å²) in [4.78, 5) is 0. The van der Waals surface area contributed by atoms with Crippen LogP contribution >= 0.6 is 12.6 Å². The van der Waals surface area contributed by atoms with E-state index in [0.717, 1.165) is 12.2 Å². The Morgan fingerprint density at radius 1 is 1.50 bits per heavy atom. The van der Waals surface area contributed by atoms with Crippen molar-refractivity contribution >= 4 is 21.4 Å². The second-order valence-corrected chi connectivity index (χ2v) is 4.93. The molecule has 8 heavy (non-hydrogen) atoms. The lowest BCUT2D eigenvalue weighted by Crippen LogP contribution is -1.91. The summed E-state index contributed by atoms with van der Waals surface area (Å²) >= 11 is 4.08. The molecule has 0 bridgehead atoms. The van der Waals surface area contributed by atoms with Crippen molar-refractivity contribution in [2.24, 2.45) is 0 Å². The van der Waals surface area contributed by atoms with Crippen molar-refractivity contribution in [3.05, 3.63) is 11.8 Å². The highest BCUT2D eigenvalue weighted by Gasteiger charge is 1.83. The summed E-state index contributed by atoms with van der Waals surface area (Å²) in [6.45, 7) is 4.55. The Balaban J connectivity index is 3.07. The lowest BCUT2D eigenvalue weighted by atomic mass is 10.5. The fraction of sp³-hybridized carbons (Fsp3) is 0.667. The van der Waals surface area contributed by atoms with Crippen LogP contribution in [0.1, 0.15) is 6.42 Å². The molecule has 0 N–H and O–H groups in total. The molecule has 0 amide bonds. The minimum atomic E-state index is -0.122. The van der Waals surface area contributed by atoms with Gasteiger partial charge in [0, 0.05) is 0 Å². The van der Waals surface area contributed by atoms with E-state index in [4.69, 9.17) is 0 Å². The Bertz CT molecular complexity index is 68.9. The Hall–Kier alpha value is 0.307. The molecule has 0 aliphatic carbocycles. The van der Waals surface area contributed by atoms with Gasteiger partial charge in [0.15, 0.2) is 0 Å². The topological polar surface area (TPSA) is 0 Å². The van der Waals surface area contributed by atoms with Gasteiger partial charge >= 0.3 is 0 Å². The van der Waals surface area contributed by atoms with Gasteiger partial charge in [0.25, 0.3) is 0 Å². The maximum Gasteiger partial charge on any atom is 0.0688 e. The molecule has 0 aromatic carbocycles. The zero-order chi connectivity index (χ0) is 6.41. The van der Waals surface area contributed by atoms with Crippen LogP contribution in [-0.2, 0) is 0 Å². The quantitative estimate of drug-likeness (QED) is 0.456. The van der Waals surface area contributed by atoms with Crippen LogP contribution in [0.4, 0.5) is 0 Å². The van der Waals surface area contributed by atoms with Gasteiger partial charge in [-0.15, -0.1) is 5.70 Å². The van der Waals surface area contributed by atoms with Crippen molar-refractivity contribution in [1.82, 2.24) is 0 Å². The zero-order valence-electron chi connectivity index (χ0n) is 5.52. The molecule has 0 spiro atoms. The van der Waals surface area contributed by atoms with Crippen molar-refractivity contribution in [3.63, 3.8) is 0 Å². The number of thiol groups is 1. The first-order valence-corrected chi connectivity index (χ1v) is 6.06. The molecule has 0 heterocycles. The van der Waals surface area contributed by atoms with Crippen LogP contribution in [0, 0.1) is 0 Å². The van der Waals surface area contributed by atoms with Gasteiger partial charge < -0.3 is 0 Å². The van der Waals surface area contributed by atoms with Crippen molar-refractivity contribution in [2.75, 3.05) is 5.75 Å². The maximum atomic E-state index is 4.08. The number of hydrogen-bond acceptors (Lipinski definition) is 1. The van der Waals surface area contributed by atoms with Gasteiger partial charge in [0.1, 0.15) is 0 Å². The maximum absolute atomic E-state index is 4.08. The van der Waals surface area contributed by atoms with Crippen molar-refractivity contribution in [3.8, 4) is 0 Å². The van der Waals surface area contributed by atoms with Crippen LogP contribution in [-0.4, -0.2) is 14.5 Å². The molecule has 47 valence electrons. The average molecular weight is 145 g/mol. The lowest BCUT2D eigenvalue weighted by molar-refractivity contribution is 1.26. The molecule has 0 aliphatic heterocycles. The molecule has 0 aliphatic rings. The van der Waals surface area contributed by atoms with Crippen molar-refractivity contribution in [2.45, 2.75) is 19.5 Å². The standard InChI is InChI=1S/C6H13SSi/c1-8(2)6-4-3-5-7/h4,6-7H,3,5H2,1-2H3. The summed E-state index contributed by atoms with van der Waals surface area (Å²) in [6, 6.07) is 0. The fourth-order valence-electron chi connectivity index (χ4n) is 0.394. The second kappa shape index (κ2) is 5.44. The molecule has 0 fully saturated rings. The first kappa shape index (κ1) is 8.31. The van der Waals surface area contributed by atoms with Crippen LogP contribution in [0.15, 0.2) is 11.8 Å². The molecule has 0 saturated heterocycles. The first-order chi connectivity index (χ1) is 3.77. The van der Waals surface area contributed by atoms with E-state index < -0.39 is 0 Å². The van der Waals surface area contributed by atoms with Crippen LogP contribution < -0.4 is 0 Å². The van der Waals surface area contributed by atoms with Crippen LogP contribution in [0.2, 0.25) is 13.1 Å². The van der Waals surface area contributed by atoms with Crippen molar-refractivity contribution < 1.29 is 0 Å². The van der Waals surface area contributed by atoms with E-state index in [1.165, 1.54) is 0 Å². The van der Waals surface area contributed by atoms with E-state index in [9.17, 15) is 0 Å². The Morgan fingerprint density at radius 2 is 2.12 bits per heavy atom. The summed E-state index contributed by atoms with van der Waals surface area (Å²) in [5, 5.41) is 0. The SMILES string of the molecule is C[Si](C)C=CCCS. The molecular weight excluding hydrogens is 132 g/mol. The number of hydrogen-bond donors (Lipinski definition) is 1. The fourth-order valence-corrected chi connectivity index (χ4v) is 1.18. The Labute approximate surface area is 59.0 Å². The highest BCUT2D eigenvalue weighted by molar-refractivity contribution is 7.80. The molecule has 0 rings (SSSR count). The van der Waals surface area contributed by atoms with Gasteiger partial charge in [-0.25, -0.2) is 0 Å². The molecule has 1 radical (unpaired) electrons. The molecule has 0 nitrogen and oxygen atoms in total. The molecule has 0 aromatic rings. The summed E-state index contributed by atoms with van der Waals surface area (Å²) in [5.41, 5.74) is 2.31. The first-order valence-electron chi connectivity index (χ1n) is 2.85. The van der Waals surface area contributed by atoms with E-state index >= 15 is 0 Å². The third kappa shape index (κ3) is 6.31. The van der Waals surface area contributed by atoms with Crippen molar-refractivity contribution in [1.29, 1.82) is 0 Å². The lowest BCUT2D eigenvalue weighted by Gasteiger charge is -1.88. The summed E-state index contributed by atoms with van der Waals surface area (Å²) in [5.74, 6) is 0.978. The van der Waals surface area contributed by atoms with Crippen LogP contribution in [0.3, 0.4) is 0 Å². The predicted octanol–water partition coefficient (Wildman–Crippen LogP) is 2.16. The monoisotopic (exact) mass is 145 g/mol. The zero-order valence-corrected chi connectivity index (χ0v) is 7.41. The third-order valence-electron chi connectivity index (χ3n) is 0.747. The average Bonchev–Trinajstić information content (AvgIpc) is 1.66. The van der Waals surface area contributed by atoms with Gasteiger partial charge in [-0.1, -0.05) is 19.2 Å². The smallest absolute Gasteiger partial charge is 0.0688 e. The predicted molar refractivity (Wildman–Crippen MR) is 45.1 cm³/mol. The van der Waals surface area contributed by atoms with Crippen LogP contribution in [0.5, 0.6) is 0 Å². The Morgan fingerprint density at radius 3 is 2.50 bits per heavy atom. The summed E-state index contributed by atoms with van der Waals surface area (Å²) in [6.07, 6.45) is 3.35. The molecule has 0 unspecified atom stereocenters. The van der Waals surface area contributed by atoms with E-state index in [1.807, 2.05) is 0 Å². The van der Waals surface area contributed by atoms with Gasteiger partial charge in [-0.3, -0.25) is 0 Å². The largest absolute Gasteiger partial charge is 0.179 e. The van der Waals surface area contributed by atoms with Gasteiger partial charge in [-0.05, 0) is 12.2 Å². The Kier molecular flexibility index (Phi) is 5.65. The minimum Gasteiger partial charge on any atom is -0.179 e. The van der Waals surface area contributed by atoms with E-state index in [2.05, 4.69) is 37.5 Å². The minimum absolute atomic E-state index is 0.122. The molecule has 0 saturated carbocycles. The van der Waals surface area contributed by atoms with Crippen LogP contribution in [0.25, 0.3) is 0 Å². The second-order valence-electron chi connectivity index (χ2n) is 1.99. The summed E-state index contributed by atoms with van der Waals surface area (Å²) < 4.78 is 0. The molecule has 0 aromatic heterocycles. The number of allylic oxidation sites excluding steroid dienone is 1. The van der Waals surface area contributed by atoms with Gasteiger partial charge in [0.05, 0.1) is 8.80 Å². The van der Waals surface area contributed by atoms with E-state index in [0.29, 0.717) is 0 Å². The molecule has 2 heteroatoms. The third-order valence-corrected chi connectivity index (χ3v) is 1.91. The number of rotatable bonds is 3. The van der Waals surface area contributed by atoms with E-state index in [-0.39, 0.29) is 8.80 Å². The highest BCUT2D eigenvalue weighted by Crippen LogP contribution is 1.88. The van der Waals surface area contributed by atoms with Gasteiger partial charge in [-0.2, -0.15) is 12.6 Å².